The van der Waals surface area contributed by atoms with Crippen molar-refractivity contribution in [3.8, 4) is 0 Å². The zero-order chi connectivity index (χ0) is 11.8. The van der Waals surface area contributed by atoms with E-state index >= 15 is 0 Å². The van der Waals surface area contributed by atoms with E-state index in [2.05, 4.69) is 8.37 Å². The molecule has 0 bridgehead atoms. The fourth-order valence-electron chi connectivity index (χ4n) is 0.323. The Morgan fingerprint density at radius 2 is 1.14 bits per heavy atom. The van der Waals surface area contributed by atoms with Gasteiger partial charge in [-0.2, -0.15) is 16.8 Å². The molecule has 0 saturated heterocycles. The quantitative estimate of drug-likeness (QED) is 0.650. The van der Waals surface area contributed by atoms with Crippen molar-refractivity contribution in [1.29, 1.82) is 0 Å². The van der Waals surface area contributed by atoms with E-state index in [1.807, 2.05) is 0 Å². The maximum Gasteiger partial charge on any atom is 0.399 e. The first kappa shape index (κ1) is 16.2. The van der Waals surface area contributed by atoms with E-state index in [0.717, 1.165) is 0 Å². The molecule has 88 valence electrons. The van der Waals surface area contributed by atoms with Gasteiger partial charge in [-0.3, -0.25) is 9.11 Å². The minimum Gasteiger partial charge on any atom is -0.264 e. The Labute approximate surface area is 82.7 Å². The molecule has 8 nitrogen and oxygen atoms in total. The molecule has 0 fully saturated rings. The second-order valence-electron chi connectivity index (χ2n) is 1.67. The number of hydrogen-bond donors (Lipinski definition) is 2. The van der Waals surface area contributed by atoms with Gasteiger partial charge >= 0.3 is 20.8 Å². The van der Waals surface area contributed by atoms with Crippen molar-refractivity contribution in [1.82, 2.24) is 0 Å². The molecule has 0 rings (SSSR count). The molecule has 0 aromatic heterocycles. The van der Waals surface area contributed by atoms with Gasteiger partial charge in [0.25, 0.3) is 0 Å². The van der Waals surface area contributed by atoms with Crippen LogP contribution in [0.15, 0.2) is 0 Å². The predicted octanol–water partition coefficient (Wildman–Crippen LogP) is -0.349. The van der Waals surface area contributed by atoms with E-state index in [-0.39, 0.29) is 13.2 Å². The number of hydrogen-bond acceptors (Lipinski definition) is 6. The van der Waals surface area contributed by atoms with Crippen LogP contribution in [-0.4, -0.2) is 39.2 Å². The van der Waals surface area contributed by atoms with Crippen LogP contribution in [0.3, 0.4) is 0 Å². The summed E-state index contributed by atoms with van der Waals surface area (Å²) in [6, 6.07) is 0. The van der Waals surface area contributed by atoms with Gasteiger partial charge in [0.05, 0.1) is 13.2 Å². The van der Waals surface area contributed by atoms with Crippen LogP contribution < -0.4 is 0 Å². The summed E-state index contributed by atoms with van der Waals surface area (Å²) in [5, 5.41) is 0. The molecule has 0 aromatic carbocycles. The van der Waals surface area contributed by atoms with Crippen LogP contribution in [0.1, 0.15) is 13.8 Å². The topological polar surface area (TPSA) is 127 Å². The molecule has 0 aliphatic heterocycles. The Balaban J connectivity index is 0. The zero-order valence-electron chi connectivity index (χ0n) is 7.57. The van der Waals surface area contributed by atoms with Crippen LogP contribution in [0.4, 0.5) is 0 Å². The van der Waals surface area contributed by atoms with E-state index in [0.29, 0.717) is 0 Å². The molecular weight excluding hydrogens is 240 g/mol. The molecule has 10 heteroatoms. The van der Waals surface area contributed by atoms with Crippen molar-refractivity contribution in [3.63, 3.8) is 0 Å². The van der Waals surface area contributed by atoms with Crippen LogP contribution in [0.25, 0.3) is 0 Å². The minimum atomic E-state index is -4.67. The summed E-state index contributed by atoms with van der Waals surface area (Å²) in [6.45, 7) is 3.39. The van der Waals surface area contributed by atoms with E-state index in [9.17, 15) is 8.42 Å². The van der Waals surface area contributed by atoms with Crippen LogP contribution in [0.2, 0.25) is 0 Å². The minimum absolute atomic E-state index is 0.113. The lowest BCUT2D eigenvalue weighted by Crippen LogP contribution is -2.09. The van der Waals surface area contributed by atoms with Crippen molar-refractivity contribution in [2.45, 2.75) is 13.8 Å². The molecule has 0 aliphatic rings. The lowest BCUT2D eigenvalue weighted by atomic mass is 10.9. The molecule has 0 radical (unpaired) electrons. The summed E-state index contributed by atoms with van der Waals surface area (Å²) in [5.74, 6) is 0. The first-order valence-corrected chi connectivity index (χ1v) is 6.09. The molecule has 0 aliphatic carbocycles. The summed E-state index contributed by atoms with van der Waals surface area (Å²) >= 11 is 0. The van der Waals surface area contributed by atoms with Gasteiger partial charge in [-0.15, -0.1) is 0 Å². The summed E-state index contributed by atoms with van der Waals surface area (Å²) in [5.41, 5.74) is 0. The van der Waals surface area contributed by atoms with Gasteiger partial charge in [-0.25, -0.2) is 8.37 Å². The van der Waals surface area contributed by atoms with Crippen molar-refractivity contribution < 1.29 is 34.3 Å². The molecule has 14 heavy (non-hydrogen) atoms. The molecule has 0 spiro atoms. The van der Waals surface area contributed by atoms with Gasteiger partial charge < -0.3 is 0 Å². The number of rotatable bonds is 4. The van der Waals surface area contributed by atoms with Crippen LogP contribution in [0.5, 0.6) is 0 Å². The van der Waals surface area contributed by atoms with E-state index in [1.54, 1.807) is 13.8 Å². The maximum atomic E-state index is 10.4. The van der Waals surface area contributed by atoms with E-state index < -0.39 is 20.8 Å². The van der Waals surface area contributed by atoms with Crippen molar-refractivity contribution in [2.75, 3.05) is 13.2 Å². The summed E-state index contributed by atoms with van der Waals surface area (Å²) < 4.78 is 60.8. The van der Waals surface area contributed by atoms with Crippen LogP contribution in [-0.2, 0) is 29.2 Å². The average Bonchev–Trinajstić information content (AvgIpc) is 1.81. The highest BCUT2D eigenvalue weighted by Crippen LogP contribution is 1.93. The van der Waals surface area contributed by atoms with Gasteiger partial charge in [-0.1, -0.05) is 0 Å². The maximum absolute atomic E-state index is 10.4. The predicted molar refractivity (Wildman–Crippen MR) is 46.3 cm³/mol. The zero-order valence-corrected chi connectivity index (χ0v) is 9.21. The SMILES string of the molecule is CCOS(=O)(=O)OCC.O=S(=O)(O)O. The highest BCUT2D eigenvalue weighted by atomic mass is 32.3. The monoisotopic (exact) mass is 252 g/mol. The lowest BCUT2D eigenvalue weighted by molar-refractivity contribution is 0.231. The van der Waals surface area contributed by atoms with Crippen LogP contribution >= 0.6 is 0 Å². The highest BCUT2D eigenvalue weighted by molar-refractivity contribution is 7.81. The third-order valence-corrected chi connectivity index (χ3v) is 1.57. The standard InChI is InChI=1S/C4H10O4S.H2O4S/c1-3-7-9(5,6)8-4-2;1-5(2,3)4/h3-4H2,1-2H3;(H2,1,2,3,4). The third kappa shape index (κ3) is 22.6. The highest BCUT2D eigenvalue weighted by Gasteiger charge is 2.06. The Hall–Kier alpha value is -0.260. The normalized spacial score (nSPS) is 11.7. The fourth-order valence-corrected chi connectivity index (χ4v) is 0.968. The molecule has 0 atom stereocenters. The Morgan fingerprint density at radius 3 is 1.29 bits per heavy atom. The second-order valence-corrected chi connectivity index (χ2v) is 3.85. The molecule has 2 N–H and O–H groups in total. The van der Waals surface area contributed by atoms with Gasteiger partial charge in [0.2, 0.25) is 0 Å². The van der Waals surface area contributed by atoms with Gasteiger partial charge in [0, 0.05) is 0 Å². The first-order chi connectivity index (χ1) is 6.12. The van der Waals surface area contributed by atoms with Crippen molar-refractivity contribution in [2.24, 2.45) is 0 Å². The van der Waals surface area contributed by atoms with Crippen molar-refractivity contribution >= 4 is 20.8 Å². The lowest BCUT2D eigenvalue weighted by Gasteiger charge is -1.99. The smallest absolute Gasteiger partial charge is 0.264 e. The Morgan fingerprint density at radius 1 is 0.929 bits per heavy atom. The average molecular weight is 252 g/mol. The second kappa shape index (κ2) is 7.09. The van der Waals surface area contributed by atoms with Gasteiger partial charge in [-0.05, 0) is 13.8 Å². The van der Waals surface area contributed by atoms with Crippen LogP contribution in [0, 0.1) is 0 Å². The summed E-state index contributed by atoms with van der Waals surface area (Å²) in [7, 11) is -8.35. The summed E-state index contributed by atoms with van der Waals surface area (Å²) in [4.78, 5) is 0. The van der Waals surface area contributed by atoms with Gasteiger partial charge in [0.1, 0.15) is 0 Å². The fraction of sp³-hybridized carbons (Fsp3) is 1.00. The molecule has 0 unspecified atom stereocenters. The molecule has 0 aromatic rings. The molecule has 0 amide bonds. The van der Waals surface area contributed by atoms with E-state index in [4.69, 9.17) is 17.5 Å². The summed E-state index contributed by atoms with van der Waals surface area (Å²) in [6.07, 6.45) is 0. The molecule has 0 heterocycles. The van der Waals surface area contributed by atoms with Crippen molar-refractivity contribution in [3.05, 3.63) is 0 Å². The third-order valence-electron chi connectivity index (χ3n) is 0.524. The van der Waals surface area contributed by atoms with Gasteiger partial charge in [0.15, 0.2) is 0 Å². The van der Waals surface area contributed by atoms with E-state index in [1.165, 1.54) is 0 Å². The molecular formula is C4H12O8S2. The first-order valence-electron chi connectivity index (χ1n) is 3.36. The Bertz CT molecular complexity index is 293. The molecule has 0 saturated carbocycles. The Kier molecular flexibility index (Phi) is 8.19. The largest absolute Gasteiger partial charge is 0.399 e.